The number of esters is 1. The zero-order valence-electron chi connectivity index (χ0n) is 17.8. The zero-order valence-corrected chi connectivity index (χ0v) is 17.8. The fourth-order valence-corrected chi connectivity index (χ4v) is 2.82. The molecule has 1 fully saturated rings. The summed E-state index contributed by atoms with van der Waals surface area (Å²) in [6.45, 7) is 3.35. The molecule has 1 amide bonds. The number of ether oxygens (including phenoxy) is 1. The van der Waals surface area contributed by atoms with Gasteiger partial charge in [-0.15, -0.1) is 12.8 Å². The molecule has 1 aliphatic heterocycles. The molecule has 168 valence electrons. The van der Waals surface area contributed by atoms with Crippen molar-refractivity contribution in [1.82, 2.24) is 5.32 Å². The van der Waals surface area contributed by atoms with E-state index in [0.717, 1.165) is 31.6 Å². The lowest BCUT2D eigenvalue weighted by molar-refractivity contribution is -0.139. The van der Waals surface area contributed by atoms with E-state index in [9.17, 15) is 18.8 Å². The van der Waals surface area contributed by atoms with E-state index in [1.165, 1.54) is 26.2 Å². The fraction of sp³-hybridized carbons (Fsp3) is 0.455. The highest BCUT2D eigenvalue weighted by atomic mass is 19.1. The number of nitriles is 1. The number of carboxylic acid groups (broad SMARTS) is 1. The first-order valence-corrected chi connectivity index (χ1v) is 9.57. The molecule has 9 heteroatoms. The molecule has 1 heterocycles. The number of hydrogen-bond donors (Lipinski definition) is 2. The number of anilines is 1. The molecule has 2 N–H and O–H groups in total. The minimum atomic E-state index is -0.981. The largest absolute Gasteiger partial charge is 0.481 e. The summed E-state index contributed by atoms with van der Waals surface area (Å²) in [5, 5.41) is 20.4. The van der Waals surface area contributed by atoms with Crippen LogP contribution in [0.25, 0.3) is 0 Å². The molecule has 0 atom stereocenters. The third-order valence-corrected chi connectivity index (χ3v) is 4.48. The molecular formula is C22H28FN3O5. The van der Waals surface area contributed by atoms with E-state index in [0.29, 0.717) is 18.0 Å². The predicted octanol–water partition coefficient (Wildman–Crippen LogP) is 2.32. The minimum Gasteiger partial charge on any atom is -0.481 e. The average molecular weight is 433 g/mol. The highest BCUT2D eigenvalue weighted by Gasteiger charge is 2.21. The van der Waals surface area contributed by atoms with Gasteiger partial charge in [-0.3, -0.25) is 14.4 Å². The lowest BCUT2D eigenvalue weighted by atomic mass is 9.95. The highest BCUT2D eigenvalue weighted by molar-refractivity contribution is 5.80. The van der Waals surface area contributed by atoms with Crippen LogP contribution >= 0.6 is 0 Å². The summed E-state index contributed by atoms with van der Waals surface area (Å²) >= 11 is 0. The predicted molar refractivity (Wildman–Crippen MR) is 114 cm³/mol. The molecule has 0 saturated carbocycles. The Morgan fingerprint density at radius 3 is 2.35 bits per heavy atom. The Labute approximate surface area is 182 Å². The van der Waals surface area contributed by atoms with E-state index < -0.39 is 11.8 Å². The monoisotopic (exact) mass is 433 g/mol. The van der Waals surface area contributed by atoms with Crippen molar-refractivity contribution in [1.29, 1.82) is 5.26 Å². The third-order valence-electron chi connectivity index (χ3n) is 4.48. The van der Waals surface area contributed by atoms with Gasteiger partial charge in [-0.25, -0.2) is 4.39 Å². The van der Waals surface area contributed by atoms with Gasteiger partial charge in [-0.2, -0.15) is 5.26 Å². The van der Waals surface area contributed by atoms with Crippen LogP contribution in [0.4, 0.5) is 10.1 Å². The Hall–Kier alpha value is -3.59. The number of amides is 1. The Morgan fingerprint density at radius 1 is 1.29 bits per heavy atom. The molecule has 0 aromatic heterocycles. The van der Waals surface area contributed by atoms with Gasteiger partial charge in [0.25, 0.3) is 0 Å². The van der Waals surface area contributed by atoms with Gasteiger partial charge in [0.15, 0.2) is 0 Å². The number of carbonyl (C=O) groups is 3. The van der Waals surface area contributed by atoms with E-state index in [-0.39, 0.29) is 24.7 Å². The molecule has 0 bridgehead atoms. The summed E-state index contributed by atoms with van der Waals surface area (Å²) in [6, 6.07) is 6.24. The number of hydrogen-bond acceptors (Lipinski definition) is 6. The summed E-state index contributed by atoms with van der Waals surface area (Å²) in [5.74, 6) is -1.57. The number of nitrogens with one attached hydrogen (secondary N) is 1. The Morgan fingerprint density at radius 2 is 1.87 bits per heavy atom. The van der Waals surface area contributed by atoms with Gasteiger partial charge < -0.3 is 20.1 Å². The van der Waals surface area contributed by atoms with Crippen molar-refractivity contribution in [3.63, 3.8) is 0 Å². The second-order valence-corrected chi connectivity index (χ2v) is 6.60. The number of halogens is 1. The van der Waals surface area contributed by atoms with Crippen molar-refractivity contribution in [2.45, 2.75) is 32.6 Å². The van der Waals surface area contributed by atoms with Gasteiger partial charge in [-0.1, -0.05) is 0 Å². The smallest absolute Gasteiger partial charge is 0.303 e. The maximum absolute atomic E-state index is 13.2. The molecule has 1 aliphatic rings. The molecule has 0 radical (unpaired) electrons. The summed E-state index contributed by atoms with van der Waals surface area (Å²) in [6.07, 6.45) is 9.53. The van der Waals surface area contributed by atoms with Crippen LogP contribution in [0.5, 0.6) is 0 Å². The van der Waals surface area contributed by atoms with Crippen LogP contribution < -0.4 is 10.2 Å². The number of terminal acetylenes is 1. The molecule has 1 saturated heterocycles. The van der Waals surface area contributed by atoms with Crippen LogP contribution in [-0.2, 0) is 19.1 Å². The normalized spacial score (nSPS) is 12.7. The molecule has 31 heavy (non-hydrogen) atoms. The van der Waals surface area contributed by atoms with Crippen molar-refractivity contribution in [3.8, 4) is 18.9 Å². The first-order valence-electron chi connectivity index (χ1n) is 9.57. The lowest BCUT2D eigenvalue weighted by Gasteiger charge is -2.34. The van der Waals surface area contributed by atoms with Crippen molar-refractivity contribution in [2.24, 2.45) is 5.92 Å². The van der Waals surface area contributed by atoms with Crippen molar-refractivity contribution in [3.05, 3.63) is 29.6 Å². The van der Waals surface area contributed by atoms with Gasteiger partial charge in [0.1, 0.15) is 11.9 Å². The molecule has 1 aromatic rings. The van der Waals surface area contributed by atoms with Crippen molar-refractivity contribution < 1.29 is 28.6 Å². The third kappa shape index (κ3) is 11.2. The summed E-state index contributed by atoms with van der Waals surface area (Å²) in [4.78, 5) is 33.6. The van der Waals surface area contributed by atoms with Crippen molar-refractivity contribution >= 4 is 23.5 Å². The molecule has 1 aromatic carbocycles. The van der Waals surface area contributed by atoms with Crippen LogP contribution in [0.2, 0.25) is 0 Å². The number of nitrogens with zero attached hydrogens (tertiary/aromatic N) is 2. The number of carbonyl (C=O) groups excluding carboxylic acids is 2. The van der Waals surface area contributed by atoms with E-state index >= 15 is 0 Å². The second-order valence-electron chi connectivity index (χ2n) is 6.60. The van der Waals surface area contributed by atoms with Gasteiger partial charge in [0.2, 0.25) is 5.91 Å². The Balaban J connectivity index is 0.00000113. The Kier molecular flexibility index (Phi) is 13.5. The summed E-state index contributed by atoms with van der Waals surface area (Å²) in [7, 11) is 1.35. The number of methoxy groups -OCH3 is 1. The maximum Gasteiger partial charge on any atom is 0.303 e. The van der Waals surface area contributed by atoms with E-state index in [2.05, 4.69) is 27.8 Å². The highest BCUT2D eigenvalue weighted by Crippen LogP contribution is 2.26. The van der Waals surface area contributed by atoms with Gasteiger partial charge in [0, 0.05) is 33.0 Å². The SMILES string of the molecule is C#C.COC(C)=O.N#Cc1cc(F)ccc1N1CCC(CNC(=O)CCC(=O)O)CC1. The van der Waals surface area contributed by atoms with Crippen LogP contribution in [0.15, 0.2) is 18.2 Å². The summed E-state index contributed by atoms with van der Waals surface area (Å²) < 4.78 is 17.3. The number of benzene rings is 1. The number of carboxylic acids is 1. The summed E-state index contributed by atoms with van der Waals surface area (Å²) in [5.41, 5.74) is 1.07. The molecule has 0 unspecified atom stereocenters. The van der Waals surface area contributed by atoms with Crippen LogP contribution in [0.1, 0.15) is 38.2 Å². The lowest BCUT2D eigenvalue weighted by Crippen LogP contribution is -2.39. The molecule has 0 aliphatic carbocycles. The number of rotatable bonds is 6. The van der Waals surface area contributed by atoms with Gasteiger partial charge in [-0.05, 0) is 37.0 Å². The first kappa shape index (κ1) is 27.4. The van der Waals surface area contributed by atoms with Crippen LogP contribution in [0.3, 0.4) is 0 Å². The van der Waals surface area contributed by atoms with E-state index in [4.69, 9.17) is 10.4 Å². The Bertz CT molecular complexity index is 796. The van der Waals surface area contributed by atoms with E-state index in [1.807, 2.05) is 6.07 Å². The zero-order chi connectivity index (χ0) is 23.8. The topological polar surface area (TPSA) is 120 Å². The fourth-order valence-electron chi connectivity index (χ4n) is 2.82. The molecule has 0 spiro atoms. The van der Waals surface area contributed by atoms with Crippen molar-refractivity contribution in [2.75, 3.05) is 31.6 Å². The first-order chi connectivity index (χ1) is 14.8. The second kappa shape index (κ2) is 15.3. The van der Waals surface area contributed by atoms with Crippen LogP contribution in [-0.4, -0.2) is 49.7 Å². The number of aliphatic carboxylic acids is 1. The van der Waals surface area contributed by atoms with Crippen LogP contribution in [0, 0.1) is 35.9 Å². The standard InChI is InChI=1S/C17H20FN3O3.C3H6O2.C2H2/c18-14-1-2-15(13(9-14)10-19)21-7-5-12(6-8-21)11-20-16(22)3-4-17(23)24;1-3(4)5-2;1-2/h1-2,9,12H,3-8,11H2,(H,20,22)(H,23,24);1-2H3;1-2H. The minimum absolute atomic E-state index is 0.00468. The molecule has 8 nitrogen and oxygen atoms in total. The van der Waals surface area contributed by atoms with E-state index in [1.54, 1.807) is 6.07 Å². The number of piperidine rings is 1. The quantitative estimate of drug-likeness (QED) is 0.522. The molecular weight excluding hydrogens is 405 g/mol. The average Bonchev–Trinajstić information content (AvgIpc) is 2.78. The van der Waals surface area contributed by atoms with Gasteiger partial charge >= 0.3 is 11.9 Å². The maximum atomic E-state index is 13.2. The molecule has 2 rings (SSSR count). The van der Waals surface area contributed by atoms with Gasteiger partial charge in [0.05, 0.1) is 24.8 Å².